The molecule has 15 heteroatoms. The Bertz CT molecular complexity index is 559. The van der Waals surface area contributed by atoms with Crippen molar-refractivity contribution in [3.05, 3.63) is 0 Å². The molecule has 0 radical (unpaired) electrons. The molecule has 0 aliphatic carbocycles. The molecular weight excluding hydrogens is 490 g/mol. The topological polar surface area (TPSA) is 160 Å². The van der Waals surface area contributed by atoms with Gasteiger partial charge in [-0.2, -0.15) is 0 Å². The smallest absolute Gasteiger partial charge is 0.335 e. The molecule has 36 heavy (non-hydrogen) atoms. The van der Waals surface area contributed by atoms with Gasteiger partial charge in [0.05, 0.1) is 18.7 Å². The molecule has 1 aliphatic heterocycles. The van der Waals surface area contributed by atoms with Crippen LogP contribution in [0.5, 0.6) is 0 Å². The van der Waals surface area contributed by atoms with Crippen molar-refractivity contribution in [1.82, 2.24) is 5.32 Å². The van der Waals surface area contributed by atoms with Crippen LogP contribution in [0, 0.1) is 0 Å². The summed E-state index contributed by atoms with van der Waals surface area (Å²) in [5.74, 6) is -1.29. The van der Waals surface area contributed by atoms with Crippen LogP contribution in [0.25, 0.3) is 0 Å². The maximum absolute atomic E-state index is 12.2. The van der Waals surface area contributed by atoms with Crippen molar-refractivity contribution in [2.24, 2.45) is 0 Å². The van der Waals surface area contributed by atoms with E-state index in [1.165, 1.54) is 42.7 Å². The zero-order valence-corrected chi connectivity index (χ0v) is 21.7. The van der Waals surface area contributed by atoms with Crippen molar-refractivity contribution >= 4 is 5.97 Å². The van der Waals surface area contributed by atoms with Crippen molar-refractivity contribution in [2.75, 3.05) is 90.0 Å². The molecule has 1 saturated heterocycles. The minimum Gasteiger partial charge on any atom is -0.479 e. The normalized spacial score (nSPS) is 24.6. The summed E-state index contributed by atoms with van der Waals surface area (Å²) < 4.78 is 64.9. The molecule has 7 atom stereocenters. The molecule has 0 amide bonds. The van der Waals surface area contributed by atoms with E-state index in [4.69, 9.17) is 56.8 Å². The number of rotatable bonds is 23. The molecular formula is C21H41NO14. The van der Waals surface area contributed by atoms with Crippen molar-refractivity contribution in [2.45, 2.75) is 42.6 Å². The fourth-order valence-electron chi connectivity index (χ4n) is 3.75. The third kappa shape index (κ3) is 10.7. The van der Waals surface area contributed by atoms with Gasteiger partial charge in [-0.05, 0) is 0 Å². The Morgan fingerprint density at radius 3 is 1.81 bits per heavy atom. The first-order valence-corrected chi connectivity index (χ1v) is 11.1. The number of ether oxygens (including phenoxy) is 12. The largest absolute Gasteiger partial charge is 0.479 e. The maximum atomic E-state index is 12.2. The van der Waals surface area contributed by atoms with E-state index in [0.717, 1.165) is 0 Å². The molecule has 0 spiro atoms. The molecule has 1 fully saturated rings. The van der Waals surface area contributed by atoms with Gasteiger partial charge in [0.25, 0.3) is 0 Å². The summed E-state index contributed by atoms with van der Waals surface area (Å²) in [6, 6.07) is -1.13. The predicted molar refractivity (Wildman–Crippen MR) is 120 cm³/mol. The standard InChI is InChI=1S/C21H41NO14/c1-25-8-31-7-14-16(32-9-26-2)17(33-10-27-3)15(22-14)18(34-11-28-4)19(35-12-29-5)20(21(23)24)36-13-30-6/h14-20,22H,7-13H2,1-6H3,(H,23,24)/t14-,15-,16-,17-,18-,19-,20+/m0/s1. The predicted octanol–water partition coefficient (Wildman–Crippen LogP) is -1.02. The summed E-state index contributed by atoms with van der Waals surface area (Å²) in [5, 5.41) is 13.3. The van der Waals surface area contributed by atoms with Crippen LogP contribution in [0.4, 0.5) is 0 Å². The van der Waals surface area contributed by atoms with Crippen molar-refractivity contribution < 1.29 is 66.7 Å². The summed E-state index contributed by atoms with van der Waals surface area (Å²) in [6.45, 7) is -0.600. The molecule has 1 rings (SSSR count). The molecule has 15 nitrogen and oxygen atoms in total. The first-order chi connectivity index (χ1) is 17.5. The fourth-order valence-corrected chi connectivity index (χ4v) is 3.75. The Kier molecular flexibility index (Phi) is 18.3. The second kappa shape index (κ2) is 20.0. The van der Waals surface area contributed by atoms with Gasteiger partial charge in [0.2, 0.25) is 0 Å². The van der Waals surface area contributed by atoms with Crippen LogP contribution in [0.1, 0.15) is 0 Å². The van der Waals surface area contributed by atoms with Crippen LogP contribution in [0.2, 0.25) is 0 Å². The number of aliphatic carboxylic acids is 1. The minimum absolute atomic E-state index is 0.0331. The fraction of sp³-hybridized carbons (Fsp3) is 0.952. The summed E-state index contributed by atoms with van der Waals surface area (Å²) in [5.41, 5.74) is 0. The minimum atomic E-state index is -1.49. The SMILES string of the molecule is COCOC[C@@H]1N[C@H]([C@H](OCOC)[C@H](OCOC)[C@@H](OCOC)C(=O)O)[C@H](OCOC)[C@H]1OCOC. The molecule has 1 heterocycles. The van der Waals surface area contributed by atoms with Gasteiger partial charge in [-0.15, -0.1) is 0 Å². The van der Waals surface area contributed by atoms with E-state index in [1.807, 2.05) is 0 Å². The molecule has 214 valence electrons. The summed E-state index contributed by atoms with van der Waals surface area (Å²) >= 11 is 0. The molecule has 0 aromatic heterocycles. The molecule has 0 unspecified atom stereocenters. The van der Waals surface area contributed by atoms with Crippen LogP contribution >= 0.6 is 0 Å². The lowest BCUT2D eigenvalue weighted by Crippen LogP contribution is -2.58. The Morgan fingerprint density at radius 1 is 0.722 bits per heavy atom. The highest BCUT2D eigenvalue weighted by atomic mass is 16.7. The molecule has 0 saturated carbocycles. The van der Waals surface area contributed by atoms with E-state index in [2.05, 4.69) is 5.32 Å². The molecule has 2 N–H and O–H groups in total. The van der Waals surface area contributed by atoms with Gasteiger partial charge in [0.15, 0.2) is 6.10 Å². The van der Waals surface area contributed by atoms with Crippen LogP contribution < -0.4 is 5.32 Å². The zero-order chi connectivity index (χ0) is 26.8. The first kappa shape index (κ1) is 33.0. The van der Waals surface area contributed by atoms with Crippen LogP contribution in [0.15, 0.2) is 0 Å². The zero-order valence-electron chi connectivity index (χ0n) is 21.7. The number of carboxylic acids is 1. The monoisotopic (exact) mass is 531 g/mol. The van der Waals surface area contributed by atoms with Gasteiger partial charge in [0.1, 0.15) is 65.2 Å². The molecule has 0 aromatic carbocycles. The van der Waals surface area contributed by atoms with E-state index in [1.54, 1.807) is 0 Å². The molecule has 1 aliphatic rings. The molecule has 0 aromatic rings. The Balaban J connectivity index is 3.41. The van der Waals surface area contributed by atoms with E-state index < -0.39 is 48.6 Å². The van der Waals surface area contributed by atoms with Gasteiger partial charge in [-0.3, -0.25) is 0 Å². The second-order valence-electron chi connectivity index (χ2n) is 7.56. The first-order valence-electron chi connectivity index (χ1n) is 11.1. The van der Waals surface area contributed by atoms with Gasteiger partial charge >= 0.3 is 5.97 Å². The quantitative estimate of drug-likeness (QED) is 0.122. The van der Waals surface area contributed by atoms with E-state index >= 15 is 0 Å². The van der Waals surface area contributed by atoms with Gasteiger partial charge < -0.3 is 67.3 Å². The average Bonchev–Trinajstić information content (AvgIpc) is 3.21. The van der Waals surface area contributed by atoms with E-state index in [9.17, 15) is 9.90 Å². The van der Waals surface area contributed by atoms with Gasteiger partial charge in [-0.1, -0.05) is 0 Å². The summed E-state index contributed by atoms with van der Waals surface area (Å²) in [7, 11) is 8.69. The Morgan fingerprint density at radius 2 is 1.25 bits per heavy atom. The third-order valence-electron chi connectivity index (χ3n) is 5.08. The number of nitrogens with one attached hydrogen (secondary N) is 1. The average molecular weight is 532 g/mol. The number of carboxylic acid groups (broad SMARTS) is 1. The number of carbonyl (C=O) groups is 1. The number of hydrogen-bond donors (Lipinski definition) is 2. The highest BCUT2D eigenvalue weighted by Crippen LogP contribution is 2.29. The van der Waals surface area contributed by atoms with Crippen molar-refractivity contribution in [1.29, 1.82) is 0 Å². The lowest BCUT2D eigenvalue weighted by atomic mass is 9.96. The van der Waals surface area contributed by atoms with Gasteiger partial charge in [0, 0.05) is 42.7 Å². The third-order valence-corrected chi connectivity index (χ3v) is 5.08. The maximum Gasteiger partial charge on any atom is 0.335 e. The highest BCUT2D eigenvalue weighted by molar-refractivity contribution is 5.73. The Hall–Kier alpha value is -1.05. The van der Waals surface area contributed by atoms with E-state index in [0.29, 0.717) is 0 Å². The molecule has 0 bridgehead atoms. The summed E-state index contributed by atoms with van der Waals surface area (Å²) in [6.07, 6.45) is -5.01. The lowest BCUT2D eigenvalue weighted by molar-refractivity contribution is -0.227. The van der Waals surface area contributed by atoms with E-state index in [-0.39, 0.29) is 47.4 Å². The second-order valence-corrected chi connectivity index (χ2v) is 7.56. The highest BCUT2D eigenvalue weighted by Gasteiger charge is 2.53. The summed E-state index contributed by atoms with van der Waals surface area (Å²) in [4.78, 5) is 12.2. The van der Waals surface area contributed by atoms with Crippen LogP contribution in [0.3, 0.4) is 0 Å². The Labute approximate surface area is 211 Å². The number of hydrogen-bond acceptors (Lipinski definition) is 14. The lowest BCUT2D eigenvalue weighted by Gasteiger charge is -2.36. The van der Waals surface area contributed by atoms with Crippen LogP contribution in [-0.4, -0.2) is 144 Å². The van der Waals surface area contributed by atoms with Crippen LogP contribution in [-0.2, 0) is 61.6 Å². The van der Waals surface area contributed by atoms with Gasteiger partial charge in [-0.25, -0.2) is 4.79 Å². The van der Waals surface area contributed by atoms with Crippen molar-refractivity contribution in [3.63, 3.8) is 0 Å². The van der Waals surface area contributed by atoms with Crippen molar-refractivity contribution in [3.8, 4) is 0 Å². The number of methoxy groups -OCH3 is 6.